The van der Waals surface area contributed by atoms with E-state index in [9.17, 15) is 14.0 Å². The van der Waals surface area contributed by atoms with Gasteiger partial charge in [-0.1, -0.05) is 30.3 Å². The van der Waals surface area contributed by atoms with Crippen molar-refractivity contribution in [3.63, 3.8) is 0 Å². The Balaban J connectivity index is 1.81. The number of nitrogens with zero attached hydrogens (tertiary/aromatic N) is 1. The zero-order chi connectivity index (χ0) is 27.5. The first-order valence-electron chi connectivity index (χ1n) is 12.4. The molecule has 2 heterocycles. The standard InChI is InChI=1S/C30H31FN2O5/c1-28(2,3)32-27(35)30-22-9-7-8-10-23(22)38-29(30,4)21-13-12-19(31)16-20(21)26(34)33(30)17-18-11-14-24(36-5)25(15-18)37-6/h7-16H,17H2,1-6H3,(H,32,35)/t29-,30+/m0/s1. The highest BCUT2D eigenvalue weighted by atomic mass is 19.1. The molecule has 3 aromatic rings. The molecule has 0 saturated heterocycles. The lowest BCUT2D eigenvalue weighted by Gasteiger charge is -2.52. The average Bonchev–Trinajstić information content (AvgIpc) is 3.15. The van der Waals surface area contributed by atoms with Crippen LogP contribution in [0.25, 0.3) is 0 Å². The lowest BCUT2D eigenvalue weighted by atomic mass is 9.67. The minimum Gasteiger partial charge on any atom is -0.493 e. The average molecular weight is 519 g/mol. The zero-order valence-electron chi connectivity index (χ0n) is 22.3. The third kappa shape index (κ3) is 3.61. The van der Waals surface area contributed by atoms with Gasteiger partial charge in [-0.25, -0.2) is 4.39 Å². The van der Waals surface area contributed by atoms with Crippen molar-refractivity contribution < 1.29 is 28.2 Å². The van der Waals surface area contributed by atoms with Crippen LogP contribution in [0.15, 0.2) is 60.7 Å². The van der Waals surface area contributed by atoms with E-state index in [0.717, 1.165) is 0 Å². The molecule has 0 aliphatic carbocycles. The molecule has 0 spiro atoms. The molecule has 8 heteroatoms. The number of para-hydroxylation sites is 1. The molecule has 38 heavy (non-hydrogen) atoms. The number of fused-ring (bicyclic) bond motifs is 5. The number of amides is 2. The monoisotopic (exact) mass is 518 g/mol. The summed E-state index contributed by atoms with van der Waals surface area (Å²) in [6.07, 6.45) is 0. The van der Waals surface area contributed by atoms with E-state index < -0.39 is 28.4 Å². The van der Waals surface area contributed by atoms with E-state index in [0.29, 0.717) is 33.9 Å². The molecule has 0 radical (unpaired) electrons. The highest BCUT2D eigenvalue weighted by molar-refractivity contribution is 6.05. The maximum Gasteiger partial charge on any atom is 0.255 e. The maximum absolute atomic E-state index is 14.5. The van der Waals surface area contributed by atoms with Gasteiger partial charge in [0.2, 0.25) is 0 Å². The molecule has 2 amide bonds. The first-order chi connectivity index (χ1) is 18.0. The fourth-order valence-corrected chi connectivity index (χ4v) is 5.71. The molecule has 2 aliphatic rings. The number of nitrogens with one attached hydrogen (secondary N) is 1. The third-order valence-electron chi connectivity index (χ3n) is 7.26. The number of hydrogen-bond donors (Lipinski definition) is 1. The fourth-order valence-electron chi connectivity index (χ4n) is 5.71. The van der Waals surface area contributed by atoms with Crippen molar-refractivity contribution in [2.24, 2.45) is 0 Å². The lowest BCUT2D eigenvalue weighted by molar-refractivity contribution is -0.149. The zero-order valence-corrected chi connectivity index (χ0v) is 22.3. The van der Waals surface area contributed by atoms with E-state index in [1.807, 2.05) is 45.0 Å². The number of hydrogen-bond acceptors (Lipinski definition) is 5. The predicted molar refractivity (Wildman–Crippen MR) is 140 cm³/mol. The summed E-state index contributed by atoms with van der Waals surface area (Å²) in [5, 5.41) is 3.10. The van der Waals surface area contributed by atoms with Crippen molar-refractivity contribution in [1.82, 2.24) is 10.2 Å². The number of rotatable bonds is 5. The van der Waals surface area contributed by atoms with Gasteiger partial charge < -0.3 is 24.4 Å². The van der Waals surface area contributed by atoms with Crippen LogP contribution in [0.1, 0.15) is 54.7 Å². The number of benzene rings is 3. The Morgan fingerprint density at radius 2 is 1.71 bits per heavy atom. The number of carbonyl (C=O) groups excluding carboxylic acids is 2. The molecule has 3 aromatic carbocycles. The summed E-state index contributed by atoms with van der Waals surface area (Å²) in [6, 6.07) is 16.6. The van der Waals surface area contributed by atoms with E-state index in [-0.39, 0.29) is 18.0 Å². The Bertz CT molecular complexity index is 1450. The van der Waals surface area contributed by atoms with Gasteiger partial charge in [-0.15, -0.1) is 0 Å². The van der Waals surface area contributed by atoms with Gasteiger partial charge in [-0.3, -0.25) is 9.59 Å². The summed E-state index contributed by atoms with van der Waals surface area (Å²) in [6.45, 7) is 7.47. The molecular formula is C30H31FN2O5. The van der Waals surface area contributed by atoms with Crippen molar-refractivity contribution in [2.75, 3.05) is 14.2 Å². The minimum atomic E-state index is -1.59. The highest BCUT2D eigenvalue weighted by Crippen LogP contribution is 2.60. The van der Waals surface area contributed by atoms with Crippen LogP contribution < -0.4 is 19.5 Å². The van der Waals surface area contributed by atoms with Crippen LogP contribution in [-0.4, -0.2) is 36.5 Å². The molecule has 198 valence electrons. The minimum absolute atomic E-state index is 0.0278. The van der Waals surface area contributed by atoms with Gasteiger partial charge in [0.15, 0.2) is 22.6 Å². The highest BCUT2D eigenvalue weighted by Gasteiger charge is 2.70. The Kier molecular flexibility index (Phi) is 5.89. The molecule has 0 unspecified atom stereocenters. The van der Waals surface area contributed by atoms with E-state index in [4.69, 9.17) is 14.2 Å². The molecule has 1 N–H and O–H groups in total. The van der Waals surface area contributed by atoms with Crippen LogP contribution in [0.2, 0.25) is 0 Å². The first kappa shape index (κ1) is 25.6. The topological polar surface area (TPSA) is 77.1 Å². The maximum atomic E-state index is 14.5. The molecule has 5 rings (SSSR count). The van der Waals surface area contributed by atoms with Gasteiger partial charge in [0.05, 0.1) is 14.2 Å². The van der Waals surface area contributed by atoms with Crippen molar-refractivity contribution in [1.29, 1.82) is 0 Å². The summed E-state index contributed by atoms with van der Waals surface area (Å²) in [7, 11) is 3.07. The summed E-state index contributed by atoms with van der Waals surface area (Å²) in [5.41, 5.74) is -1.68. The van der Waals surface area contributed by atoms with Crippen molar-refractivity contribution >= 4 is 11.8 Å². The van der Waals surface area contributed by atoms with E-state index >= 15 is 0 Å². The summed E-state index contributed by atoms with van der Waals surface area (Å²) < 4.78 is 31.9. The summed E-state index contributed by atoms with van der Waals surface area (Å²) in [4.78, 5) is 30.3. The van der Waals surface area contributed by atoms with Crippen molar-refractivity contribution in [3.8, 4) is 17.2 Å². The molecular weight excluding hydrogens is 487 g/mol. The fraction of sp³-hybridized carbons (Fsp3) is 0.333. The third-order valence-corrected chi connectivity index (χ3v) is 7.26. The van der Waals surface area contributed by atoms with Gasteiger partial charge in [-0.05, 0) is 63.6 Å². The predicted octanol–water partition coefficient (Wildman–Crippen LogP) is 4.92. The lowest BCUT2D eigenvalue weighted by Crippen LogP contribution is -2.70. The number of ether oxygens (including phenoxy) is 3. The van der Waals surface area contributed by atoms with Crippen LogP contribution in [0, 0.1) is 5.82 Å². The quantitative estimate of drug-likeness (QED) is 0.519. The van der Waals surface area contributed by atoms with Gasteiger partial charge in [0.25, 0.3) is 11.8 Å². The SMILES string of the molecule is COc1ccc(CN2C(=O)c3cc(F)ccc3[C@]3(C)Oc4ccccc4[C@]23C(=O)NC(C)(C)C)cc1OC. The Morgan fingerprint density at radius 1 is 1.00 bits per heavy atom. The first-order valence-corrected chi connectivity index (χ1v) is 12.4. The number of methoxy groups -OCH3 is 2. The Morgan fingerprint density at radius 3 is 2.39 bits per heavy atom. The number of halogens is 1. The van der Waals surface area contributed by atoms with Crippen LogP contribution in [0.4, 0.5) is 4.39 Å². The van der Waals surface area contributed by atoms with Gasteiger partial charge >= 0.3 is 0 Å². The number of carbonyl (C=O) groups is 2. The second-order valence-corrected chi connectivity index (χ2v) is 10.8. The Hall–Kier alpha value is -4.07. The molecule has 2 aliphatic heterocycles. The second kappa shape index (κ2) is 8.75. The molecule has 2 atom stereocenters. The molecule has 0 saturated carbocycles. The molecule has 7 nitrogen and oxygen atoms in total. The van der Waals surface area contributed by atoms with Gasteiger partial charge in [0, 0.05) is 28.8 Å². The summed E-state index contributed by atoms with van der Waals surface area (Å²) in [5.74, 6) is 0.0979. The smallest absolute Gasteiger partial charge is 0.255 e. The molecule has 0 aromatic heterocycles. The van der Waals surface area contributed by atoms with Crippen molar-refractivity contribution in [2.45, 2.75) is 50.9 Å². The van der Waals surface area contributed by atoms with E-state index in [2.05, 4.69) is 5.32 Å². The van der Waals surface area contributed by atoms with Crippen LogP contribution in [0.3, 0.4) is 0 Å². The molecule has 0 fully saturated rings. The summed E-state index contributed by atoms with van der Waals surface area (Å²) >= 11 is 0. The van der Waals surface area contributed by atoms with Crippen LogP contribution in [0.5, 0.6) is 17.2 Å². The van der Waals surface area contributed by atoms with E-state index in [1.54, 1.807) is 38.3 Å². The van der Waals surface area contributed by atoms with E-state index in [1.165, 1.54) is 24.1 Å². The van der Waals surface area contributed by atoms with Crippen LogP contribution in [-0.2, 0) is 22.5 Å². The largest absolute Gasteiger partial charge is 0.493 e. The normalized spacial score (nSPS) is 21.7. The van der Waals surface area contributed by atoms with Crippen LogP contribution >= 0.6 is 0 Å². The van der Waals surface area contributed by atoms with Crippen molar-refractivity contribution in [3.05, 3.63) is 88.7 Å². The Labute approximate surface area is 221 Å². The molecule has 0 bridgehead atoms. The second-order valence-electron chi connectivity index (χ2n) is 10.8. The van der Waals surface area contributed by atoms with Gasteiger partial charge in [-0.2, -0.15) is 0 Å². The van der Waals surface area contributed by atoms with Gasteiger partial charge in [0.1, 0.15) is 11.6 Å².